The first-order chi connectivity index (χ1) is 19.1. The highest BCUT2D eigenvalue weighted by atomic mass is 16.7. The Bertz CT molecular complexity index is 1460. The number of nitrogens with zero attached hydrogens (tertiary/aromatic N) is 3. The Morgan fingerprint density at radius 1 is 0.825 bits per heavy atom. The van der Waals surface area contributed by atoms with Gasteiger partial charge in [-0.25, -0.2) is 4.79 Å². The van der Waals surface area contributed by atoms with Gasteiger partial charge < -0.3 is 18.8 Å². The molecule has 0 unspecified atom stereocenters. The maximum Gasteiger partial charge on any atom is 0.494 e. The fourth-order valence-corrected chi connectivity index (χ4v) is 4.48. The maximum atomic E-state index is 12.7. The number of hydrogen-bond acceptors (Lipinski definition) is 7. The molecule has 40 heavy (non-hydrogen) atoms. The van der Waals surface area contributed by atoms with Gasteiger partial charge in [0, 0.05) is 5.56 Å². The fourth-order valence-electron chi connectivity index (χ4n) is 4.48. The summed E-state index contributed by atoms with van der Waals surface area (Å²) >= 11 is 0. The molecule has 1 aliphatic rings. The van der Waals surface area contributed by atoms with Gasteiger partial charge in [-0.05, 0) is 68.9 Å². The summed E-state index contributed by atoms with van der Waals surface area (Å²) in [6, 6.07) is 23.8. The van der Waals surface area contributed by atoms with Gasteiger partial charge in [0.2, 0.25) is 0 Å². The second-order valence-corrected chi connectivity index (χ2v) is 10.8. The lowest BCUT2D eigenvalue weighted by Gasteiger charge is -2.32. The van der Waals surface area contributed by atoms with Crippen LogP contribution in [-0.2, 0) is 20.6 Å². The van der Waals surface area contributed by atoms with Crippen molar-refractivity contribution < 1.29 is 23.6 Å². The number of benzene rings is 3. The molecular formula is C31H34BN3O5. The molecule has 2 heterocycles. The van der Waals surface area contributed by atoms with Crippen molar-refractivity contribution in [3.8, 4) is 28.1 Å². The Labute approximate surface area is 235 Å². The third kappa shape index (κ3) is 5.53. The molecule has 0 aliphatic carbocycles. The van der Waals surface area contributed by atoms with Crippen molar-refractivity contribution in [2.75, 3.05) is 13.7 Å². The van der Waals surface area contributed by atoms with Crippen LogP contribution in [0.3, 0.4) is 0 Å². The molecule has 0 radical (unpaired) electrons. The van der Waals surface area contributed by atoms with Crippen LogP contribution in [0.4, 0.5) is 0 Å². The van der Waals surface area contributed by atoms with Crippen molar-refractivity contribution in [2.24, 2.45) is 0 Å². The van der Waals surface area contributed by atoms with Crippen molar-refractivity contribution in [1.29, 1.82) is 0 Å². The molecule has 3 aromatic carbocycles. The van der Waals surface area contributed by atoms with Crippen LogP contribution in [0.25, 0.3) is 22.4 Å². The number of esters is 1. The number of rotatable bonds is 8. The van der Waals surface area contributed by atoms with Crippen molar-refractivity contribution in [3.05, 3.63) is 84.1 Å². The van der Waals surface area contributed by atoms with E-state index < -0.39 is 13.1 Å². The summed E-state index contributed by atoms with van der Waals surface area (Å²) in [4.78, 5) is 14.2. The molecule has 0 atom stereocenters. The maximum absolute atomic E-state index is 12.7. The van der Waals surface area contributed by atoms with Crippen molar-refractivity contribution in [1.82, 2.24) is 15.0 Å². The molecule has 0 amide bonds. The molecule has 0 N–H and O–H groups in total. The lowest BCUT2D eigenvalue weighted by atomic mass is 9.78. The summed E-state index contributed by atoms with van der Waals surface area (Å²) in [6.45, 7) is 10.6. The van der Waals surface area contributed by atoms with Gasteiger partial charge in [-0.3, -0.25) is 0 Å². The molecule has 1 fully saturated rings. The van der Waals surface area contributed by atoms with Gasteiger partial charge in [0.1, 0.15) is 11.4 Å². The number of aromatic nitrogens is 3. The number of carbonyl (C=O) groups is 1. The van der Waals surface area contributed by atoms with Crippen LogP contribution in [0, 0.1) is 0 Å². The zero-order chi connectivity index (χ0) is 28.5. The summed E-state index contributed by atoms with van der Waals surface area (Å²) in [5, 5.41) is 9.12. The van der Waals surface area contributed by atoms with Crippen molar-refractivity contribution in [3.63, 3.8) is 0 Å². The Morgan fingerprint density at radius 2 is 1.38 bits per heavy atom. The van der Waals surface area contributed by atoms with E-state index in [1.807, 2.05) is 88.4 Å². The van der Waals surface area contributed by atoms with E-state index in [0.717, 1.165) is 33.5 Å². The van der Waals surface area contributed by atoms with E-state index >= 15 is 0 Å². The fraction of sp³-hybridized carbons (Fsp3) is 0.323. The lowest BCUT2D eigenvalue weighted by molar-refractivity contribution is 0.00578. The zero-order valence-corrected chi connectivity index (χ0v) is 23.8. The summed E-state index contributed by atoms with van der Waals surface area (Å²) in [5.74, 6) is 0.272. The molecule has 206 valence electrons. The van der Waals surface area contributed by atoms with E-state index in [2.05, 4.69) is 22.3 Å². The van der Waals surface area contributed by atoms with E-state index in [1.165, 1.54) is 4.80 Å². The molecule has 1 saturated heterocycles. The quantitative estimate of drug-likeness (QED) is 0.226. The molecule has 1 aliphatic heterocycles. The SMILES string of the molecule is CCOC(=O)c1nn(Cc2ccc(OC)cc2)nc1-c1ccc(-c2ccc(B3OC(C)(C)C(C)(C)O3)cc2)cc1. The number of hydrogen-bond donors (Lipinski definition) is 0. The minimum absolute atomic E-state index is 0.190. The van der Waals surface area contributed by atoms with Gasteiger partial charge in [-0.2, -0.15) is 9.90 Å². The number of ether oxygens (including phenoxy) is 2. The van der Waals surface area contributed by atoms with E-state index in [1.54, 1.807) is 14.0 Å². The molecule has 0 spiro atoms. The van der Waals surface area contributed by atoms with Gasteiger partial charge in [0.05, 0.1) is 31.5 Å². The van der Waals surface area contributed by atoms with E-state index in [0.29, 0.717) is 12.2 Å². The highest BCUT2D eigenvalue weighted by Gasteiger charge is 2.51. The molecular weight excluding hydrogens is 505 g/mol. The van der Waals surface area contributed by atoms with Gasteiger partial charge in [0.15, 0.2) is 5.69 Å². The van der Waals surface area contributed by atoms with Crippen molar-refractivity contribution >= 4 is 18.6 Å². The van der Waals surface area contributed by atoms with Crippen molar-refractivity contribution in [2.45, 2.75) is 52.4 Å². The van der Waals surface area contributed by atoms with Gasteiger partial charge in [0.25, 0.3) is 0 Å². The Hall–Kier alpha value is -3.95. The van der Waals surface area contributed by atoms with Crippen LogP contribution in [0.15, 0.2) is 72.8 Å². The lowest BCUT2D eigenvalue weighted by Crippen LogP contribution is -2.41. The van der Waals surface area contributed by atoms with Crippen LogP contribution in [-0.4, -0.2) is 53.0 Å². The standard InChI is InChI=1S/C31H34BN3O5/c1-7-38-29(36)28-27(33-35(34-28)20-21-8-18-26(37-6)19-9-21)24-12-10-22(11-13-24)23-14-16-25(17-15-23)32-39-30(2,3)31(4,5)40-32/h8-19H,7,20H2,1-6H3. The Kier molecular flexibility index (Phi) is 7.53. The topological polar surface area (TPSA) is 84.7 Å². The minimum atomic E-state index is -0.499. The second kappa shape index (κ2) is 10.9. The van der Waals surface area contributed by atoms with Crippen LogP contribution in [0.5, 0.6) is 5.75 Å². The average molecular weight is 539 g/mol. The average Bonchev–Trinajstić information content (AvgIpc) is 3.46. The van der Waals surface area contributed by atoms with Gasteiger partial charge >= 0.3 is 13.1 Å². The first kappa shape index (κ1) is 27.6. The monoisotopic (exact) mass is 539 g/mol. The van der Waals surface area contributed by atoms with E-state index in [4.69, 9.17) is 18.8 Å². The second-order valence-electron chi connectivity index (χ2n) is 10.8. The van der Waals surface area contributed by atoms with E-state index in [9.17, 15) is 4.79 Å². The molecule has 8 nitrogen and oxygen atoms in total. The molecule has 9 heteroatoms. The van der Waals surface area contributed by atoms with Crippen LogP contribution in [0.2, 0.25) is 0 Å². The Balaban J connectivity index is 1.37. The molecule has 4 aromatic rings. The third-order valence-electron chi connectivity index (χ3n) is 7.53. The van der Waals surface area contributed by atoms with Crippen LogP contribution in [0.1, 0.15) is 50.7 Å². The largest absolute Gasteiger partial charge is 0.497 e. The molecule has 0 bridgehead atoms. The third-order valence-corrected chi connectivity index (χ3v) is 7.53. The predicted octanol–water partition coefficient (Wildman–Crippen LogP) is 5.14. The molecule has 0 saturated carbocycles. The number of carbonyl (C=O) groups excluding carboxylic acids is 1. The van der Waals surface area contributed by atoms with E-state index in [-0.39, 0.29) is 23.5 Å². The highest BCUT2D eigenvalue weighted by molar-refractivity contribution is 6.62. The van der Waals surface area contributed by atoms with Gasteiger partial charge in [-0.15, -0.1) is 5.10 Å². The summed E-state index contributed by atoms with van der Waals surface area (Å²) < 4.78 is 22.9. The summed E-state index contributed by atoms with van der Waals surface area (Å²) in [5.41, 5.74) is 4.73. The summed E-state index contributed by atoms with van der Waals surface area (Å²) in [7, 11) is 1.23. The first-order valence-corrected chi connectivity index (χ1v) is 13.4. The van der Waals surface area contributed by atoms with Crippen LogP contribution >= 0.6 is 0 Å². The first-order valence-electron chi connectivity index (χ1n) is 13.4. The highest BCUT2D eigenvalue weighted by Crippen LogP contribution is 2.36. The Morgan fingerprint density at radius 3 is 1.93 bits per heavy atom. The summed E-state index contributed by atoms with van der Waals surface area (Å²) in [6.07, 6.45) is 0. The number of methoxy groups -OCH3 is 1. The van der Waals surface area contributed by atoms with Gasteiger partial charge in [-0.1, -0.05) is 60.7 Å². The zero-order valence-electron chi connectivity index (χ0n) is 23.8. The minimum Gasteiger partial charge on any atom is -0.497 e. The van der Waals surface area contributed by atoms with Crippen LogP contribution < -0.4 is 10.2 Å². The normalized spacial score (nSPS) is 15.7. The smallest absolute Gasteiger partial charge is 0.494 e. The predicted molar refractivity (Wildman–Crippen MR) is 155 cm³/mol. The molecule has 5 rings (SSSR count). The molecule has 1 aromatic heterocycles.